The molecule has 21 heavy (non-hydrogen) atoms. The molecule has 1 aromatic heterocycles. The van der Waals surface area contributed by atoms with Crippen molar-refractivity contribution in [2.75, 3.05) is 19.0 Å². The molecule has 0 saturated heterocycles. The molecule has 0 aliphatic rings. The van der Waals surface area contributed by atoms with Crippen LogP contribution in [0.3, 0.4) is 0 Å². The molecule has 3 rings (SSSR count). The van der Waals surface area contributed by atoms with Gasteiger partial charge in [0.2, 0.25) is 0 Å². The Labute approximate surface area is 126 Å². The summed E-state index contributed by atoms with van der Waals surface area (Å²) >= 11 is 1.61. The quantitative estimate of drug-likeness (QED) is 0.773. The van der Waals surface area contributed by atoms with E-state index in [-0.39, 0.29) is 0 Å². The van der Waals surface area contributed by atoms with E-state index >= 15 is 0 Å². The number of aromatic nitrogens is 2. The molecule has 0 bridgehead atoms. The minimum atomic E-state index is 0.655. The highest BCUT2D eigenvalue weighted by Crippen LogP contribution is 2.35. The maximum absolute atomic E-state index is 5.52. The largest absolute Gasteiger partial charge is 0.494 e. The second-order valence-electron chi connectivity index (χ2n) is 4.33. The summed E-state index contributed by atoms with van der Waals surface area (Å²) in [5, 5.41) is 11.0. The average molecular weight is 301 g/mol. The van der Waals surface area contributed by atoms with Gasteiger partial charge in [-0.2, -0.15) is 0 Å². The van der Waals surface area contributed by atoms with Crippen molar-refractivity contribution >= 4 is 28.5 Å². The van der Waals surface area contributed by atoms with E-state index in [2.05, 4.69) is 15.6 Å². The van der Waals surface area contributed by atoms with Gasteiger partial charge in [0, 0.05) is 16.8 Å². The molecule has 0 fully saturated rings. The van der Waals surface area contributed by atoms with Gasteiger partial charge in [-0.05, 0) is 47.6 Å². The molecule has 3 aromatic rings. The summed E-state index contributed by atoms with van der Waals surface area (Å²) in [5.41, 5.74) is 2.40. The molecule has 0 radical (unpaired) electrons. The highest BCUT2D eigenvalue weighted by atomic mass is 32.2. The molecule has 2 aromatic carbocycles. The maximum Gasteiger partial charge on any atom is 0.159 e. The fourth-order valence-electron chi connectivity index (χ4n) is 2.05. The van der Waals surface area contributed by atoms with Crippen LogP contribution in [0.1, 0.15) is 6.92 Å². The Morgan fingerprint density at radius 1 is 1.19 bits per heavy atom. The van der Waals surface area contributed by atoms with E-state index in [0.29, 0.717) is 6.61 Å². The topological polar surface area (TPSA) is 60.2 Å². The van der Waals surface area contributed by atoms with Crippen LogP contribution < -0.4 is 10.1 Å². The Morgan fingerprint density at radius 2 is 2.05 bits per heavy atom. The van der Waals surface area contributed by atoms with E-state index in [1.54, 1.807) is 11.8 Å². The van der Waals surface area contributed by atoms with Crippen molar-refractivity contribution in [3.8, 4) is 5.75 Å². The number of benzene rings is 2. The minimum Gasteiger partial charge on any atom is -0.494 e. The lowest BCUT2D eigenvalue weighted by Gasteiger charge is -2.07. The monoisotopic (exact) mass is 301 g/mol. The summed E-state index contributed by atoms with van der Waals surface area (Å²) in [6.45, 7) is 2.63. The van der Waals surface area contributed by atoms with E-state index in [0.717, 1.165) is 32.3 Å². The van der Waals surface area contributed by atoms with Crippen molar-refractivity contribution in [3.63, 3.8) is 0 Å². The summed E-state index contributed by atoms with van der Waals surface area (Å²) in [5.74, 6) is 0.865. The number of ether oxygens (including phenoxy) is 1. The summed E-state index contributed by atoms with van der Waals surface area (Å²) in [6.07, 6.45) is 0. The van der Waals surface area contributed by atoms with Gasteiger partial charge in [-0.1, -0.05) is 17.8 Å². The molecule has 0 atom stereocenters. The van der Waals surface area contributed by atoms with E-state index in [1.165, 1.54) is 0 Å². The van der Waals surface area contributed by atoms with Gasteiger partial charge in [-0.3, -0.25) is 0 Å². The Hall–Kier alpha value is -2.21. The molecule has 1 N–H and O–H groups in total. The molecule has 6 heteroatoms. The normalized spacial score (nSPS) is 10.8. The first kappa shape index (κ1) is 13.8. The summed E-state index contributed by atoms with van der Waals surface area (Å²) in [4.78, 5) is 2.08. The molecular weight excluding hydrogens is 286 g/mol. The van der Waals surface area contributed by atoms with Crippen LogP contribution in [0.5, 0.6) is 5.75 Å². The maximum atomic E-state index is 5.52. The summed E-state index contributed by atoms with van der Waals surface area (Å²) in [7, 11) is 1.85. The Morgan fingerprint density at radius 3 is 2.86 bits per heavy atom. The van der Waals surface area contributed by atoms with Gasteiger partial charge in [0.1, 0.15) is 5.75 Å². The van der Waals surface area contributed by atoms with Crippen LogP contribution >= 0.6 is 11.8 Å². The lowest BCUT2D eigenvalue weighted by Crippen LogP contribution is -1.91. The van der Waals surface area contributed by atoms with Crippen LogP contribution in [0.2, 0.25) is 0 Å². The molecule has 0 spiro atoms. The van der Waals surface area contributed by atoms with Gasteiger partial charge in [0.05, 0.1) is 12.3 Å². The fourth-order valence-corrected chi connectivity index (χ4v) is 2.99. The van der Waals surface area contributed by atoms with Gasteiger partial charge in [-0.25, -0.2) is 4.63 Å². The lowest BCUT2D eigenvalue weighted by atomic mass is 10.2. The number of nitrogens with zero attached hydrogens (tertiary/aromatic N) is 2. The predicted molar refractivity (Wildman–Crippen MR) is 83.1 cm³/mol. The van der Waals surface area contributed by atoms with Gasteiger partial charge in [0.15, 0.2) is 11.0 Å². The predicted octanol–water partition coefficient (Wildman–Crippen LogP) is 3.81. The highest BCUT2D eigenvalue weighted by Gasteiger charge is 2.12. The molecule has 0 amide bonds. The molecule has 0 unspecified atom stereocenters. The first-order chi connectivity index (χ1) is 10.3. The van der Waals surface area contributed by atoms with Crippen molar-refractivity contribution in [3.05, 3.63) is 36.4 Å². The van der Waals surface area contributed by atoms with Crippen LogP contribution in [0, 0.1) is 0 Å². The fraction of sp³-hybridized carbons (Fsp3) is 0.200. The number of rotatable bonds is 5. The Kier molecular flexibility index (Phi) is 3.96. The average Bonchev–Trinajstić information content (AvgIpc) is 2.98. The first-order valence-electron chi connectivity index (χ1n) is 6.65. The van der Waals surface area contributed by atoms with Gasteiger partial charge >= 0.3 is 0 Å². The first-order valence-corrected chi connectivity index (χ1v) is 7.47. The Bertz CT molecular complexity index is 758. The third-order valence-corrected chi connectivity index (χ3v) is 4.03. The van der Waals surface area contributed by atoms with E-state index in [4.69, 9.17) is 9.37 Å². The summed E-state index contributed by atoms with van der Waals surface area (Å²) in [6, 6.07) is 12.0. The van der Waals surface area contributed by atoms with E-state index in [9.17, 15) is 0 Å². The molecule has 5 nitrogen and oxygen atoms in total. The van der Waals surface area contributed by atoms with Crippen molar-refractivity contribution in [2.24, 2.45) is 0 Å². The molecule has 108 valence electrons. The number of nitrogens with one attached hydrogen (secondary N) is 1. The smallest absolute Gasteiger partial charge is 0.159 e. The highest BCUT2D eigenvalue weighted by molar-refractivity contribution is 7.99. The van der Waals surface area contributed by atoms with Crippen LogP contribution in [0.4, 0.5) is 5.69 Å². The minimum absolute atomic E-state index is 0.655. The molecule has 0 aliphatic carbocycles. The number of hydrogen-bond acceptors (Lipinski definition) is 6. The second kappa shape index (κ2) is 6.05. The van der Waals surface area contributed by atoms with E-state index in [1.807, 2.05) is 50.4 Å². The van der Waals surface area contributed by atoms with Gasteiger partial charge in [0.25, 0.3) is 0 Å². The third kappa shape index (κ3) is 2.80. The zero-order chi connectivity index (χ0) is 14.7. The van der Waals surface area contributed by atoms with Gasteiger partial charge in [-0.15, -0.1) is 0 Å². The van der Waals surface area contributed by atoms with Crippen LogP contribution in [0.15, 0.2) is 50.8 Å². The van der Waals surface area contributed by atoms with Crippen molar-refractivity contribution < 1.29 is 9.37 Å². The van der Waals surface area contributed by atoms with Crippen LogP contribution in [0.25, 0.3) is 11.0 Å². The molecule has 1 heterocycles. The zero-order valence-corrected chi connectivity index (χ0v) is 12.6. The molecule has 0 saturated carbocycles. The Balaban J connectivity index is 1.95. The van der Waals surface area contributed by atoms with Crippen LogP contribution in [-0.4, -0.2) is 24.0 Å². The second-order valence-corrected chi connectivity index (χ2v) is 5.45. The number of fused-ring (bicyclic) bond motifs is 1. The SMILES string of the molecule is CCOc1cccc(Sc2ccc(NC)c3nonc23)c1. The van der Waals surface area contributed by atoms with Crippen molar-refractivity contribution in [1.82, 2.24) is 10.3 Å². The third-order valence-electron chi connectivity index (χ3n) is 2.99. The zero-order valence-electron chi connectivity index (χ0n) is 11.8. The van der Waals surface area contributed by atoms with Crippen molar-refractivity contribution in [1.29, 1.82) is 0 Å². The molecule has 0 aliphatic heterocycles. The number of hydrogen-bond donors (Lipinski definition) is 1. The van der Waals surface area contributed by atoms with Gasteiger partial charge < -0.3 is 10.1 Å². The lowest BCUT2D eigenvalue weighted by molar-refractivity contribution is 0.315. The number of anilines is 1. The van der Waals surface area contributed by atoms with E-state index < -0.39 is 0 Å². The molecular formula is C15H15N3O2S. The van der Waals surface area contributed by atoms with Crippen LogP contribution in [-0.2, 0) is 0 Å². The van der Waals surface area contributed by atoms with Crippen molar-refractivity contribution in [2.45, 2.75) is 16.7 Å². The standard InChI is InChI=1S/C15H15N3O2S/c1-3-19-10-5-4-6-11(9-10)21-13-8-7-12(16-2)14-15(13)18-20-17-14/h4-9,16H,3H2,1-2H3. The summed E-state index contributed by atoms with van der Waals surface area (Å²) < 4.78 is 10.4.